The van der Waals surface area contributed by atoms with Gasteiger partial charge in [-0.3, -0.25) is 0 Å². The molecule has 0 aliphatic heterocycles. The summed E-state index contributed by atoms with van der Waals surface area (Å²) in [6.07, 6.45) is 0. The third kappa shape index (κ3) is 1.35. The predicted octanol–water partition coefficient (Wildman–Crippen LogP) is 5.03. The minimum absolute atomic E-state index is 0.446. The van der Waals surface area contributed by atoms with Gasteiger partial charge in [-0.2, -0.15) is 0 Å². The molecule has 0 saturated heterocycles. The molecule has 3 aromatic rings. The number of benzene rings is 2. The fourth-order valence-corrected chi connectivity index (χ4v) is 3.66. The highest BCUT2D eigenvalue weighted by molar-refractivity contribution is 7.37. The Bertz CT molecular complexity index is 703. The van der Waals surface area contributed by atoms with Crippen molar-refractivity contribution in [2.24, 2.45) is 0 Å². The lowest BCUT2D eigenvalue weighted by Gasteiger charge is -1.94. The topological polar surface area (TPSA) is 23.1 Å². The molecule has 3 rings (SSSR count). The fourth-order valence-electron chi connectivity index (χ4n) is 1.86. The van der Waals surface area contributed by atoms with Crippen LogP contribution in [0.25, 0.3) is 20.2 Å². The first-order valence-electron chi connectivity index (χ1n) is 4.68. The quantitative estimate of drug-likeness (QED) is 0.525. The van der Waals surface area contributed by atoms with Crippen LogP contribution < -0.4 is 0 Å². The van der Waals surface area contributed by atoms with Crippen LogP contribution in [0.1, 0.15) is 0 Å². The largest absolute Gasteiger partial charge is 0.590 e. The van der Waals surface area contributed by atoms with Gasteiger partial charge in [0.1, 0.15) is 0 Å². The van der Waals surface area contributed by atoms with Crippen molar-refractivity contribution >= 4 is 54.1 Å². The normalized spacial score (nSPS) is 12.6. The van der Waals surface area contributed by atoms with E-state index in [0.29, 0.717) is 10.0 Å². The summed E-state index contributed by atoms with van der Waals surface area (Å²) in [6, 6.07) is 11.1. The van der Waals surface area contributed by atoms with E-state index >= 15 is 0 Å². The molecular weight excluding hydrogens is 263 g/mol. The van der Waals surface area contributed by atoms with Crippen molar-refractivity contribution in [3.05, 3.63) is 46.4 Å². The predicted molar refractivity (Wildman–Crippen MR) is 70.1 cm³/mol. The molecule has 0 amide bonds. The van der Waals surface area contributed by atoms with Crippen LogP contribution in [-0.4, -0.2) is 4.55 Å². The highest BCUT2D eigenvalue weighted by Crippen LogP contribution is 2.43. The lowest BCUT2D eigenvalue weighted by molar-refractivity contribution is 0.602. The molecule has 0 N–H and O–H groups in total. The maximum absolute atomic E-state index is 12.2. The van der Waals surface area contributed by atoms with E-state index in [1.807, 2.05) is 24.3 Å². The molecule has 0 fully saturated rings. The Labute approximate surface area is 105 Å². The average molecular weight is 269 g/mol. The maximum Gasteiger partial charge on any atom is 0.182 e. The van der Waals surface area contributed by atoms with Gasteiger partial charge < -0.3 is 4.55 Å². The van der Waals surface area contributed by atoms with E-state index in [2.05, 4.69) is 0 Å². The first-order valence-corrected chi connectivity index (χ1v) is 6.59. The zero-order valence-corrected chi connectivity index (χ0v) is 10.4. The monoisotopic (exact) mass is 268 g/mol. The summed E-state index contributed by atoms with van der Waals surface area (Å²) in [5.74, 6) is 0. The van der Waals surface area contributed by atoms with Crippen molar-refractivity contribution in [2.75, 3.05) is 0 Å². The number of halogens is 2. The summed E-state index contributed by atoms with van der Waals surface area (Å²) in [5, 5.41) is 2.84. The second kappa shape index (κ2) is 3.60. The molecule has 0 saturated carbocycles. The molecule has 0 spiro atoms. The smallest absolute Gasteiger partial charge is 0.182 e. The maximum atomic E-state index is 12.2. The molecule has 0 bridgehead atoms. The Morgan fingerprint density at radius 2 is 1.56 bits per heavy atom. The van der Waals surface area contributed by atoms with Crippen LogP contribution in [-0.2, 0) is 0 Å². The van der Waals surface area contributed by atoms with E-state index in [4.69, 9.17) is 23.2 Å². The van der Waals surface area contributed by atoms with Crippen molar-refractivity contribution in [3.8, 4) is 0 Å². The molecule has 2 aromatic carbocycles. The minimum atomic E-state index is -1.13. The molecule has 0 aliphatic carbocycles. The zero-order valence-electron chi connectivity index (χ0n) is 8.04. The summed E-state index contributed by atoms with van der Waals surface area (Å²) in [4.78, 5) is 0. The third-order valence-corrected chi connectivity index (χ3v) is 4.81. The van der Waals surface area contributed by atoms with Gasteiger partial charge in [-0.1, -0.05) is 35.3 Å². The molecule has 1 unspecified atom stereocenters. The van der Waals surface area contributed by atoms with Crippen molar-refractivity contribution < 1.29 is 4.55 Å². The van der Waals surface area contributed by atoms with Gasteiger partial charge in [0, 0.05) is 16.8 Å². The summed E-state index contributed by atoms with van der Waals surface area (Å²) in [6.45, 7) is 0. The van der Waals surface area contributed by atoms with Gasteiger partial charge in [-0.15, -0.1) is 0 Å². The molecule has 1 atom stereocenters. The SMILES string of the molecule is [O-][s+]1c2ccccc2c2cc(Cl)c(Cl)cc21. The summed E-state index contributed by atoms with van der Waals surface area (Å²) in [7, 11) is -1.13. The van der Waals surface area contributed by atoms with Gasteiger partial charge in [-0.05, 0) is 28.9 Å². The number of rotatable bonds is 0. The Morgan fingerprint density at radius 3 is 2.38 bits per heavy atom. The molecular formula is C12H6Cl2OS. The van der Waals surface area contributed by atoms with Crippen LogP contribution in [0.5, 0.6) is 0 Å². The molecule has 1 aromatic heterocycles. The van der Waals surface area contributed by atoms with Crippen LogP contribution in [0.2, 0.25) is 10.0 Å². The van der Waals surface area contributed by atoms with Crippen LogP contribution in [0.4, 0.5) is 0 Å². The summed E-state index contributed by atoms with van der Waals surface area (Å²) < 4.78 is 13.7. The lowest BCUT2D eigenvalue weighted by Crippen LogP contribution is -1.69. The van der Waals surface area contributed by atoms with E-state index in [1.165, 1.54) is 0 Å². The van der Waals surface area contributed by atoms with Gasteiger partial charge in [0.05, 0.1) is 10.0 Å². The Kier molecular flexibility index (Phi) is 2.33. The molecule has 0 radical (unpaired) electrons. The van der Waals surface area contributed by atoms with Crippen LogP contribution in [0, 0.1) is 0 Å². The second-order valence-corrected chi connectivity index (χ2v) is 5.76. The second-order valence-electron chi connectivity index (χ2n) is 3.53. The van der Waals surface area contributed by atoms with E-state index in [9.17, 15) is 4.55 Å². The Balaban J connectivity index is 2.62. The van der Waals surface area contributed by atoms with Gasteiger partial charge in [0.2, 0.25) is 0 Å². The average Bonchev–Trinajstić information content (AvgIpc) is 2.55. The molecule has 0 aliphatic rings. The van der Waals surface area contributed by atoms with Crippen molar-refractivity contribution in [3.63, 3.8) is 0 Å². The van der Waals surface area contributed by atoms with Gasteiger partial charge in [0.15, 0.2) is 9.40 Å². The van der Waals surface area contributed by atoms with Gasteiger partial charge in [-0.25, -0.2) is 0 Å². The first-order chi connectivity index (χ1) is 7.68. The molecule has 16 heavy (non-hydrogen) atoms. The Morgan fingerprint density at radius 1 is 0.875 bits per heavy atom. The lowest BCUT2D eigenvalue weighted by atomic mass is 10.1. The zero-order chi connectivity index (χ0) is 11.3. The van der Waals surface area contributed by atoms with Crippen LogP contribution >= 0.6 is 34.0 Å². The minimum Gasteiger partial charge on any atom is -0.590 e. The first kappa shape index (κ1) is 10.4. The molecule has 4 heteroatoms. The number of hydrogen-bond acceptors (Lipinski definition) is 1. The van der Waals surface area contributed by atoms with Crippen LogP contribution in [0.3, 0.4) is 0 Å². The fraction of sp³-hybridized carbons (Fsp3) is 0. The number of hydrogen-bond donors (Lipinski definition) is 0. The highest BCUT2D eigenvalue weighted by atomic mass is 35.5. The van der Waals surface area contributed by atoms with Crippen molar-refractivity contribution in [2.45, 2.75) is 0 Å². The molecule has 80 valence electrons. The Hall–Kier alpha value is -0.800. The third-order valence-electron chi connectivity index (χ3n) is 2.60. The summed E-state index contributed by atoms with van der Waals surface area (Å²) >= 11 is 11.9. The van der Waals surface area contributed by atoms with E-state index in [1.54, 1.807) is 12.1 Å². The van der Waals surface area contributed by atoms with Crippen molar-refractivity contribution in [1.82, 2.24) is 0 Å². The van der Waals surface area contributed by atoms with E-state index in [-0.39, 0.29) is 0 Å². The molecule has 1 heterocycles. The van der Waals surface area contributed by atoms with Crippen LogP contribution in [0.15, 0.2) is 36.4 Å². The standard InChI is InChI=1S/C12H6Cl2OS/c13-9-5-8-7-3-1-2-4-11(7)16(15)12(8)6-10(9)14/h1-6H. The number of thiophene rings is 1. The highest BCUT2D eigenvalue weighted by Gasteiger charge is 2.16. The molecule has 1 nitrogen and oxygen atoms in total. The number of fused-ring (bicyclic) bond motifs is 3. The van der Waals surface area contributed by atoms with Gasteiger partial charge in [0.25, 0.3) is 0 Å². The van der Waals surface area contributed by atoms with Gasteiger partial charge >= 0.3 is 0 Å². The summed E-state index contributed by atoms with van der Waals surface area (Å²) in [5.41, 5.74) is 0. The van der Waals surface area contributed by atoms with E-state index in [0.717, 1.165) is 20.2 Å². The van der Waals surface area contributed by atoms with E-state index < -0.39 is 10.8 Å². The van der Waals surface area contributed by atoms with Crippen molar-refractivity contribution in [1.29, 1.82) is 0 Å².